The fraction of sp³-hybridized carbons (Fsp3) is 0.0400. The van der Waals surface area contributed by atoms with Crippen molar-refractivity contribution in [1.82, 2.24) is 14.6 Å². The first kappa shape index (κ1) is 23.2. The first-order chi connectivity index (χ1) is 17.3. The number of aromatic nitrogens is 3. The van der Waals surface area contributed by atoms with E-state index < -0.39 is 10.0 Å². The fourth-order valence-corrected chi connectivity index (χ4v) is 4.78. The van der Waals surface area contributed by atoms with E-state index in [2.05, 4.69) is 20.1 Å². The molecule has 0 aliphatic heterocycles. The predicted octanol–water partition coefficient (Wildman–Crippen LogP) is 2.89. The van der Waals surface area contributed by atoms with Crippen LogP contribution in [0.25, 0.3) is 16.9 Å². The summed E-state index contributed by atoms with van der Waals surface area (Å²) < 4.78 is 29.6. The van der Waals surface area contributed by atoms with Gasteiger partial charge in [-0.15, -0.1) is 0 Å². The monoisotopic (exact) mass is 496 g/mol. The molecule has 0 bridgehead atoms. The number of nitrogen functional groups attached to an aromatic ring is 1. The second kappa shape index (κ2) is 9.27. The number of nitrogens with two attached hydrogens (primary N) is 1. The number of fused-ring (bicyclic) bond motifs is 1. The van der Waals surface area contributed by atoms with Crippen molar-refractivity contribution in [1.29, 1.82) is 0 Å². The zero-order valence-corrected chi connectivity index (χ0v) is 19.8. The summed E-state index contributed by atoms with van der Waals surface area (Å²) in [5.74, 6) is 0.697. The van der Waals surface area contributed by atoms with Crippen LogP contribution >= 0.6 is 0 Å². The molecular formula is C25H21BN6O3S. The summed E-state index contributed by atoms with van der Waals surface area (Å²) in [6.07, 6.45) is 1.51. The van der Waals surface area contributed by atoms with Gasteiger partial charge in [0.2, 0.25) is 0 Å². The summed E-state index contributed by atoms with van der Waals surface area (Å²) in [7, 11) is 2.30. The quantitative estimate of drug-likeness (QED) is 0.201. The number of nitrogens with one attached hydrogen (secondary N) is 2. The Kier molecular flexibility index (Phi) is 5.99. The van der Waals surface area contributed by atoms with E-state index in [0.29, 0.717) is 46.1 Å². The van der Waals surface area contributed by atoms with Gasteiger partial charge in [0, 0.05) is 35.7 Å². The van der Waals surface area contributed by atoms with Crippen LogP contribution in [0.3, 0.4) is 0 Å². The van der Waals surface area contributed by atoms with Crippen molar-refractivity contribution in [2.75, 3.05) is 15.8 Å². The molecule has 178 valence electrons. The number of aromatic hydroxyl groups is 1. The average Bonchev–Trinajstić information content (AvgIpc) is 3.24. The number of hydrogen-bond donors (Lipinski definition) is 4. The number of sulfonamides is 1. The molecule has 0 amide bonds. The Labute approximate surface area is 209 Å². The molecule has 0 fully saturated rings. The molecule has 5 aromatic rings. The summed E-state index contributed by atoms with van der Waals surface area (Å²) in [4.78, 5) is 4.68. The Morgan fingerprint density at radius 1 is 1.00 bits per heavy atom. The van der Waals surface area contributed by atoms with Crippen molar-refractivity contribution in [3.63, 3.8) is 0 Å². The SMILES string of the molecule is [B]c1cnn2c(NCc3cccc(NS(=O)(=O)c4ccc(N)cc4)c3)cc(-c3ccccc3O)nc12. The smallest absolute Gasteiger partial charge is 0.261 e. The van der Waals surface area contributed by atoms with Gasteiger partial charge in [0.05, 0.1) is 10.6 Å². The van der Waals surface area contributed by atoms with Crippen molar-refractivity contribution in [3.8, 4) is 17.0 Å². The molecule has 2 heterocycles. The molecular weight excluding hydrogens is 475 g/mol. The number of anilines is 3. The van der Waals surface area contributed by atoms with Crippen molar-refractivity contribution >= 4 is 46.2 Å². The van der Waals surface area contributed by atoms with E-state index in [4.69, 9.17) is 13.6 Å². The normalized spacial score (nSPS) is 11.4. The first-order valence-corrected chi connectivity index (χ1v) is 12.4. The van der Waals surface area contributed by atoms with Crippen LogP contribution in [0.4, 0.5) is 17.2 Å². The Morgan fingerprint density at radius 2 is 1.78 bits per heavy atom. The highest BCUT2D eigenvalue weighted by Crippen LogP contribution is 2.29. The highest BCUT2D eigenvalue weighted by atomic mass is 32.2. The van der Waals surface area contributed by atoms with E-state index in [0.717, 1.165) is 5.56 Å². The average molecular weight is 496 g/mol. The van der Waals surface area contributed by atoms with Gasteiger partial charge in [-0.05, 0) is 59.6 Å². The fourth-order valence-electron chi connectivity index (χ4n) is 3.73. The molecule has 11 heteroatoms. The molecule has 0 aliphatic rings. The van der Waals surface area contributed by atoms with E-state index in [9.17, 15) is 13.5 Å². The van der Waals surface area contributed by atoms with Gasteiger partial charge in [-0.2, -0.15) is 9.61 Å². The van der Waals surface area contributed by atoms with Crippen molar-refractivity contribution in [2.24, 2.45) is 0 Å². The Bertz CT molecular complexity index is 1670. The standard InChI is InChI=1S/C25H21BN6O3S/c26-21-15-29-32-24(13-22(30-25(21)32)20-6-1-2-7-23(20)33)28-14-16-4-3-5-18(12-16)31-36(34,35)19-10-8-17(27)9-11-19/h1-13,15,28,31,33H,14,27H2. The number of benzene rings is 3. The molecule has 5 rings (SSSR count). The van der Waals surface area contributed by atoms with Gasteiger partial charge >= 0.3 is 0 Å². The first-order valence-electron chi connectivity index (χ1n) is 10.9. The number of nitrogens with zero attached hydrogens (tertiary/aromatic N) is 3. The highest BCUT2D eigenvalue weighted by Gasteiger charge is 2.15. The van der Waals surface area contributed by atoms with Crippen LogP contribution in [0.2, 0.25) is 0 Å². The molecule has 36 heavy (non-hydrogen) atoms. The van der Waals surface area contributed by atoms with E-state index in [1.165, 1.54) is 30.5 Å². The Hall–Kier alpha value is -4.51. The molecule has 2 radical (unpaired) electrons. The zero-order valence-electron chi connectivity index (χ0n) is 19.0. The second-order valence-electron chi connectivity index (χ2n) is 8.11. The van der Waals surface area contributed by atoms with Gasteiger partial charge in [-0.3, -0.25) is 4.72 Å². The minimum absolute atomic E-state index is 0.0967. The molecule has 0 saturated heterocycles. The van der Waals surface area contributed by atoms with Gasteiger partial charge in [0.1, 0.15) is 19.4 Å². The number of phenolic OH excluding ortho intramolecular Hbond substituents is 1. The van der Waals surface area contributed by atoms with Crippen molar-refractivity contribution < 1.29 is 13.5 Å². The van der Waals surface area contributed by atoms with Gasteiger partial charge in [0.25, 0.3) is 10.0 Å². The van der Waals surface area contributed by atoms with Crippen molar-refractivity contribution in [2.45, 2.75) is 11.4 Å². The maximum atomic E-state index is 12.7. The number of rotatable bonds is 7. The maximum absolute atomic E-state index is 12.7. The van der Waals surface area contributed by atoms with Crippen LogP contribution in [0.15, 0.2) is 90.0 Å². The Morgan fingerprint density at radius 3 is 2.56 bits per heavy atom. The predicted molar refractivity (Wildman–Crippen MR) is 141 cm³/mol. The topological polar surface area (TPSA) is 135 Å². The third-order valence-electron chi connectivity index (χ3n) is 5.52. The minimum Gasteiger partial charge on any atom is -0.507 e. The molecule has 0 saturated carbocycles. The Balaban J connectivity index is 1.40. The minimum atomic E-state index is -3.77. The molecule has 0 atom stereocenters. The van der Waals surface area contributed by atoms with E-state index in [1.54, 1.807) is 47.0 Å². The van der Waals surface area contributed by atoms with E-state index in [1.807, 2.05) is 12.1 Å². The van der Waals surface area contributed by atoms with E-state index >= 15 is 0 Å². The third kappa shape index (κ3) is 4.69. The summed E-state index contributed by atoms with van der Waals surface area (Å²) >= 11 is 0. The van der Waals surface area contributed by atoms with E-state index in [-0.39, 0.29) is 10.6 Å². The molecule has 0 unspecified atom stereocenters. The lowest BCUT2D eigenvalue weighted by atomic mass is 10.0. The van der Waals surface area contributed by atoms with Crippen LogP contribution in [-0.4, -0.2) is 36.0 Å². The molecule has 5 N–H and O–H groups in total. The van der Waals surface area contributed by atoms with Crippen LogP contribution in [0.5, 0.6) is 5.75 Å². The molecule has 3 aromatic carbocycles. The van der Waals surface area contributed by atoms with Crippen molar-refractivity contribution in [3.05, 3.63) is 90.6 Å². The van der Waals surface area contributed by atoms with Crippen LogP contribution in [0, 0.1) is 0 Å². The summed E-state index contributed by atoms with van der Waals surface area (Å²) in [6, 6.07) is 21.7. The largest absolute Gasteiger partial charge is 0.507 e. The maximum Gasteiger partial charge on any atom is 0.261 e. The molecule has 0 aliphatic carbocycles. The summed E-state index contributed by atoms with van der Waals surface area (Å²) in [5, 5.41) is 17.9. The van der Waals surface area contributed by atoms with Gasteiger partial charge < -0.3 is 16.2 Å². The lowest BCUT2D eigenvalue weighted by Gasteiger charge is -2.13. The lowest BCUT2D eigenvalue weighted by molar-refractivity contribution is 0.477. The number of phenols is 1. The summed E-state index contributed by atoms with van der Waals surface area (Å²) in [6.45, 7) is 0.358. The molecule has 0 spiro atoms. The third-order valence-corrected chi connectivity index (χ3v) is 6.92. The summed E-state index contributed by atoms with van der Waals surface area (Å²) in [5.41, 5.74) is 9.31. The van der Waals surface area contributed by atoms with Crippen LogP contribution in [0.1, 0.15) is 5.56 Å². The number of hydrogen-bond acceptors (Lipinski definition) is 7. The molecule has 2 aromatic heterocycles. The molecule has 9 nitrogen and oxygen atoms in total. The highest BCUT2D eigenvalue weighted by molar-refractivity contribution is 7.92. The number of para-hydroxylation sites is 1. The van der Waals surface area contributed by atoms with Crippen LogP contribution in [-0.2, 0) is 16.6 Å². The lowest BCUT2D eigenvalue weighted by Crippen LogP contribution is -2.13. The zero-order chi connectivity index (χ0) is 25.3. The van der Waals surface area contributed by atoms with Gasteiger partial charge in [-0.25, -0.2) is 13.4 Å². The second-order valence-corrected chi connectivity index (χ2v) is 9.79. The van der Waals surface area contributed by atoms with Gasteiger partial charge in [-0.1, -0.05) is 24.3 Å². The van der Waals surface area contributed by atoms with Crippen LogP contribution < -0.4 is 21.2 Å². The van der Waals surface area contributed by atoms with Gasteiger partial charge in [0.15, 0.2) is 5.65 Å².